The molecule has 2 N–H and O–H groups in total. The quantitative estimate of drug-likeness (QED) is 0.654. The smallest absolute Gasteiger partial charge is 0.0494 e. The highest BCUT2D eigenvalue weighted by molar-refractivity contribution is 5.06. The van der Waals surface area contributed by atoms with Gasteiger partial charge in [0.15, 0.2) is 0 Å². The molecule has 14 heavy (non-hydrogen) atoms. The van der Waals surface area contributed by atoms with Crippen LogP contribution >= 0.6 is 0 Å². The van der Waals surface area contributed by atoms with Gasteiger partial charge in [-0.25, -0.2) is 0 Å². The molecule has 2 rings (SSSR count). The first-order valence-corrected chi connectivity index (χ1v) is 5.83. The van der Waals surface area contributed by atoms with Crippen LogP contribution < -0.4 is 5.32 Å². The summed E-state index contributed by atoms with van der Waals surface area (Å²) in [5.74, 6) is 1.39. The predicted molar refractivity (Wildman–Crippen MR) is 58.1 cm³/mol. The largest absolute Gasteiger partial charge is 0.396 e. The number of rotatable bonds is 5. The molecule has 0 amide bonds. The van der Waals surface area contributed by atoms with Crippen LogP contribution in [-0.4, -0.2) is 23.8 Å². The summed E-state index contributed by atoms with van der Waals surface area (Å²) in [6.45, 7) is 2.57. The Labute approximate surface area is 86.4 Å². The molecule has 0 aromatic rings. The zero-order chi connectivity index (χ0) is 9.97. The number of aliphatic hydroxyl groups is 1. The van der Waals surface area contributed by atoms with Crippen LogP contribution in [0.25, 0.3) is 0 Å². The molecule has 0 bridgehead atoms. The SMILES string of the molecule is CC(CC1CC1)N[C@@H]1C=C[C@H](CO)C1. The second-order valence-corrected chi connectivity index (χ2v) is 4.92. The van der Waals surface area contributed by atoms with E-state index >= 15 is 0 Å². The Hall–Kier alpha value is -0.340. The lowest BCUT2D eigenvalue weighted by atomic mass is 10.1. The van der Waals surface area contributed by atoms with E-state index in [4.69, 9.17) is 5.11 Å². The molecule has 2 aliphatic carbocycles. The molecule has 0 aromatic heterocycles. The van der Waals surface area contributed by atoms with Crippen molar-refractivity contribution in [1.29, 1.82) is 0 Å². The molecule has 3 atom stereocenters. The standard InChI is InChI=1S/C12H21NO/c1-9(6-10-2-3-10)13-12-5-4-11(7-12)8-14/h4-5,9-14H,2-3,6-8H2,1H3/t9?,11-,12+/m0/s1. The zero-order valence-electron chi connectivity index (χ0n) is 8.95. The minimum atomic E-state index is 0.297. The summed E-state index contributed by atoms with van der Waals surface area (Å²) in [7, 11) is 0. The molecule has 1 unspecified atom stereocenters. The Morgan fingerprint density at radius 1 is 1.43 bits per heavy atom. The van der Waals surface area contributed by atoms with Crippen molar-refractivity contribution < 1.29 is 5.11 Å². The van der Waals surface area contributed by atoms with Crippen molar-refractivity contribution in [2.75, 3.05) is 6.61 Å². The fourth-order valence-corrected chi connectivity index (χ4v) is 2.32. The lowest BCUT2D eigenvalue weighted by Crippen LogP contribution is -2.35. The second-order valence-electron chi connectivity index (χ2n) is 4.92. The molecular weight excluding hydrogens is 174 g/mol. The molecule has 0 radical (unpaired) electrons. The van der Waals surface area contributed by atoms with Gasteiger partial charge in [-0.05, 0) is 25.7 Å². The van der Waals surface area contributed by atoms with Crippen LogP contribution in [0.2, 0.25) is 0 Å². The topological polar surface area (TPSA) is 32.3 Å². The maximum atomic E-state index is 8.99. The Morgan fingerprint density at radius 3 is 2.79 bits per heavy atom. The number of aliphatic hydroxyl groups excluding tert-OH is 1. The van der Waals surface area contributed by atoms with Gasteiger partial charge in [-0.1, -0.05) is 25.0 Å². The summed E-state index contributed by atoms with van der Waals surface area (Å²) in [6.07, 6.45) is 9.63. The average molecular weight is 195 g/mol. The Morgan fingerprint density at radius 2 is 2.21 bits per heavy atom. The molecular formula is C12H21NO. The van der Waals surface area contributed by atoms with Crippen molar-refractivity contribution >= 4 is 0 Å². The summed E-state index contributed by atoms with van der Waals surface area (Å²) >= 11 is 0. The molecule has 1 saturated carbocycles. The van der Waals surface area contributed by atoms with Crippen LogP contribution in [0.1, 0.15) is 32.6 Å². The van der Waals surface area contributed by atoms with Crippen molar-refractivity contribution in [1.82, 2.24) is 5.32 Å². The summed E-state index contributed by atoms with van der Waals surface area (Å²) in [6, 6.07) is 1.13. The third-order valence-electron chi connectivity index (χ3n) is 3.29. The fraction of sp³-hybridized carbons (Fsp3) is 0.833. The van der Waals surface area contributed by atoms with E-state index in [-0.39, 0.29) is 0 Å². The van der Waals surface area contributed by atoms with Crippen molar-refractivity contribution in [3.63, 3.8) is 0 Å². The molecule has 0 saturated heterocycles. The summed E-state index contributed by atoms with van der Waals surface area (Å²) in [5, 5.41) is 12.6. The lowest BCUT2D eigenvalue weighted by Gasteiger charge is -2.18. The van der Waals surface area contributed by atoms with Gasteiger partial charge in [-0.3, -0.25) is 0 Å². The Balaban J connectivity index is 1.67. The summed E-state index contributed by atoms with van der Waals surface area (Å²) in [4.78, 5) is 0. The van der Waals surface area contributed by atoms with Crippen molar-refractivity contribution in [2.24, 2.45) is 11.8 Å². The molecule has 0 aromatic carbocycles. The van der Waals surface area contributed by atoms with E-state index in [0.29, 0.717) is 24.6 Å². The zero-order valence-corrected chi connectivity index (χ0v) is 8.95. The Bertz CT molecular complexity index is 210. The normalized spacial score (nSPS) is 33.6. The second kappa shape index (κ2) is 4.45. The van der Waals surface area contributed by atoms with E-state index in [0.717, 1.165) is 12.3 Å². The third kappa shape index (κ3) is 2.82. The molecule has 0 heterocycles. The molecule has 0 aliphatic heterocycles. The van der Waals surface area contributed by atoms with Gasteiger partial charge in [0.25, 0.3) is 0 Å². The van der Waals surface area contributed by atoms with Crippen LogP contribution in [0.15, 0.2) is 12.2 Å². The highest BCUT2D eigenvalue weighted by Crippen LogP contribution is 2.33. The molecule has 2 aliphatic rings. The van der Waals surface area contributed by atoms with Gasteiger partial charge in [0, 0.05) is 24.6 Å². The molecule has 80 valence electrons. The average Bonchev–Trinajstić information content (AvgIpc) is 2.83. The van der Waals surface area contributed by atoms with Crippen LogP contribution in [0.5, 0.6) is 0 Å². The van der Waals surface area contributed by atoms with Gasteiger partial charge in [-0.15, -0.1) is 0 Å². The molecule has 0 spiro atoms. The van der Waals surface area contributed by atoms with Gasteiger partial charge in [0.2, 0.25) is 0 Å². The van der Waals surface area contributed by atoms with Gasteiger partial charge in [0.1, 0.15) is 0 Å². The monoisotopic (exact) mass is 195 g/mol. The van der Waals surface area contributed by atoms with E-state index in [2.05, 4.69) is 24.4 Å². The maximum absolute atomic E-state index is 8.99. The van der Waals surface area contributed by atoms with Crippen LogP contribution in [0, 0.1) is 11.8 Å². The van der Waals surface area contributed by atoms with Crippen molar-refractivity contribution in [3.05, 3.63) is 12.2 Å². The van der Waals surface area contributed by atoms with Crippen molar-refractivity contribution in [2.45, 2.75) is 44.7 Å². The van der Waals surface area contributed by atoms with Crippen LogP contribution in [0.4, 0.5) is 0 Å². The highest BCUT2D eigenvalue weighted by atomic mass is 16.3. The van der Waals surface area contributed by atoms with Crippen LogP contribution in [-0.2, 0) is 0 Å². The summed E-state index contributed by atoms with van der Waals surface area (Å²) < 4.78 is 0. The minimum Gasteiger partial charge on any atom is -0.396 e. The highest BCUT2D eigenvalue weighted by Gasteiger charge is 2.25. The van der Waals surface area contributed by atoms with Gasteiger partial charge in [-0.2, -0.15) is 0 Å². The Kier molecular flexibility index (Phi) is 3.24. The predicted octanol–water partition coefficient (Wildman–Crippen LogP) is 1.70. The van der Waals surface area contributed by atoms with E-state index in [1.165, 1.54) is 19.3 Å². The molecule has 2 nitrogen and oxygen atoms in total. The number of hydrogen-bond acceptors (Lipinski definition) is 2. The minimum absolute atomic E-state index is 0.297. The van der Waals surface area contributed by atoms with Crippen LogP contribution in [0.3, 0.4) is 0 Å². The van der Waals surface area contributed by atoms with E-state index in [1.54, 1.807) is 0 Å². The van der Waals surface area contributed by atoms with Gasteiger partial charge in [0.05, 0.1) is 0 Å². The fourth-order valence-electron chi connectivity index (χ4n) is 2.32. The van der Waals surface area contributed by atoms with Gasteiger partial charge < -0.3 is 10.4 Å². The lowest BCUT2D eigenvalue weighted by molar-refractivity contribution is 0.244. The summed E-state index contributed by atoms with van der Waals surface area (Å²) in [5.41, 5.74) is 0. The van der Waals surface area contributed by atoms with E-state index in [1.807, 2.05) is 0 Å². The molecule has 1 fully saturated rings. The van der Waals surface area contributed by atoms with E-state index < -0.39 is 0 Å². The first-order chi connectivity index (χ1) is 6.78. The maximum Gasteiger partial charge on any atom is 0.0494 e. The van der Waals surface area contributed by atoms with Gasteiger partial charge >= 0.3 is 0 Å². The first kappa shape index (κ1) is 10.2. The first-order valence-electron chi connectivity index (χ1n) is 5.83. The number of nitrogens with one attached hydrogen (secondary N) is 1. The van der Waals surface area contributed by atoms with E-state index in [9.17, 15) is 0 Å². The molecule has 2 heteroatoms. The third-order valence-corrected chi connectivity index (χ3v) is 3.29. The van der Waals surface area contributed by atoms with Crippen molar-refractivity contribution in [3.8, 4) is 0 Å². The number of hydrogen-bond donors (Lipinski definition) is 2.